The summed E-state index contributed by atoms with van der Waals surface area (Å²) in [5.74, 6) is 1.13. The highest BCUT2D eigenvalue weighted by atomic mass is 32.2. The van der Waals surface area contributed by atoms with E-state index in [0.717, 1.165) is 5.52 Å². The number of aromatic nitrogens is 4. The first kappa shape index (κ1) is 13.3. The number of hydrogen-bond acceptors (Lipinski definition) is 7. The van der Waals surface area contributed by atoms with E-state index >= 15 is 0 Å². The van der Waals surface area contributed by atoms with Gasteiger partial charge in [-0.2, -0.15) is 4.98 Å². The Balaban J connectivity index is 1.98. The van der Waals surface area contributed by atoms with E-state index in [-0.39, 0.29) is 10.8 Å². The Bertz CT molecular complexity index is 820. The van der Waals surface area contributed by atoms with Crippen molar-refractivity contribution in [2.45, 2.75) is 24.3 Å². The number of aryl methyl sites for hydroxylation is 1. The molecule has 1 unspecified atom stereocenters. The zero-order valence-corrected chi connectivity index (χ0v) is 12.8. The van der Waals surface area contributed by atoms with Gasteiger partial charge in [0.15, 0.2) is 11.0 Å². The van der Waals surface area contributed by atoms with Gasteiger partial charge in [-0.05, 0) is 25.3 Å². The summed E-state index contributed by atoms with van der Waals surface area (Å²) in [5, 5.41) is 6.23. The Labute approximate surface area is 122 Å². The monoisotopic (exact) mass is 308 g/mol. The van der Waals surface area contributed by atoms with Crippen LogP contribution in [-0.4, -0.2) is 19.7 Å². The van der Waals surface area contributed by atoms with E-state index in [9.17, 15) is 4.79 Å². The van der Waals surface area contributed by atoms with Crippen LogP contribution in [0.15, 0.2) is 25.9 Å². The highest BCUT2D eigenvalue weighted by Crippen LogP contribution is 2.32. The van der Waals surface area contributed by atoms with Crippen LogP contribution in [0.4, 0.5) is 0 Å². The average molecular weight is 308 g/mol. The van der Waals surface area contributed by atoms with Gasteiger partial charge in [0.1, 0.15) is 4.70 Å². The molecule has 3 heterocycles. The normalized spacial score (nSPS) is 12.9. The van der Waals surface area contributed by atoms with Crippen molar-refractivity contribution < 1.29 is 4.52 Å². The molecule has 0 fully saturated rings. The van der Waals surface area contributed by atoms with Crippen molar-refractivity contribution in [1.82, 2.24) is 19.7 Å². The molecular weight excluding hydrogens is 296 g/mol. The number of thiophene rings is 1. The molecule has 3 rings (SSSR count). The molecule has 0 aromatic carbocycles. The van der Waals surface area contributed by atoms with Gasteiger partial charge in [-0.15, -0.1) is 11.3 Å². The summed E-state index contributed by atoms with van der Waals surface area (Å²) >= 11 is 2.84. The zero-order chi connectivity index (χ0) is 14.3. The van der Waals surface area contributed by atoms with E-state index in [1.54, 1.807) is 18.5 Å². The lowest BCUT2D eigenvalue weighted by atomic mass is 10.5. The highest BCUT2D eigenvalue weighted by Gasteiger charge is 2.18. The van der Waals surface area contributed by atoms with Crippen molar-refractivity contribution in [3.63, 3.8) is 0 Å². The summed E-state index contributed by atoms with van der Waals surface area (Å²) in [6.45, 7) is 3.72. The summed E-state index contributed by atoms with van der Waals surface area (Å²) in [4.78, 5) is 20.9. The summed E-state index contributed by atoms with van der Waals surface area (Å²) in [6, 6.07) is 1.85. The molecule has 0 bridgehead atoms. The van der Waals surface area contributed by atoms with Crippen LogP contribution in [-0.2, 0) is 7.05 Å². The van der Waals surface area contributed by atoms with Gasteiger partial charge in [-0.1, -0.05) is 16.9 Å². The van der Waals surface area contributed by atoms with Gasteiger partial charge in [-0.3, -0.25) is 9.36 Å². The molecule has 0 saturated carbocycles. The van der Waals surface area contributed by atoms with Crippen molar-refractivity contribution in [3.8, 4) is 0 Å². The Morgan fingerprint density at radius 3 is 2.95 bits per heavy atom. The maximum atomic E-state index is 12.2. The Kier molecular flexibility index (Phi) is 3.35. The first-order valence-corrected chi connectivity index (χ1v) is 7.73. The van der Waals surface area contributed by atoms with Crippen LogP contribution in [0, 0.1) is 6.92 Å². The molecule has 8 heteroatoms. The molecule has 20 heavy (non-hydrogen) atoms. The molecule has 0 radical (unpaired) electrons. The molecule has 3 aromatic rings. The quantitative estimate of drug-likeness (QED) is 0.547. The third-order valence-corrected chi connectivity index (χ3v) is 4.84. The molecular formula is C12H12N4O2S2. The van der Waals surface area contributed by atoms with Gasteiger partial charge in [0.25, 0.3) is 5.56 Å². The van der Waals surface area contributed by atoms with Gasteiger partial charge in [0, 0.05) is 7.05 Å². The van der Waals surface area contributed by atoms with Crippen LogP contribution < -0.4 is 5.56 Å². The van der Waals surface area contributed by atoms with E-state index in [2.05, 4.69) is 15.1 Å². The molecule has 0 N–H and O–H groups in total. The standard InChI is InChI=1S/C12H12N4O2S2/c1-6(10-13-7(2)15-18-10)20-12-14-8-4-5-19-9(8)11(17)16(12)3/h4-6H,1-3H3. The fourth-order valence-electron chi connectivity index (χ4n) is 1.76. The second-order valence-electron chi connectivity index (χ2n) is 4.33. The van der Waals surface area contributed by atoms with Crippen LogP contribution >= 0.6 is 23.1 Å². The minimum absolute atomic E-state index is 0.0265. The number of thioether (sulfide) groups is 1. The Morgan fingerprint density at radius 2 is 2.25 bits per heavy atom. The van der Waals surface area contributed by atoms with E-state index in [4.69, 9.17) is 4.52 Å². The molecule has 0 aliphatic heterocycles. The fraction of sp³-hybridized carbons (Fsp3) is 0.333. The molecule has 6 nitrogen and oxygen atoms in total. The fourth-order valence-corrected chi connectivity index (χ4v) is 3.47. The maximum absolute atomic E-state index is 12.2. The molecule has 0 aliphatic rings. The molecule has 1 atom stereocenters. The minimum atomic E-state index is -0.0645. The Morgan fingerprint density at radius 1 is 1.45 bits per heavy atom. The summed E-state index contributed by atoms with van der Waals surface area (Å²) in [5.41, 5.74) is 0.705. The van der Waals surface area contributed by atoms with Gasteiger partial charge in [-0.25, -0.2) is 4.98 Å². The van der Waals surface area contributed by atoms with Crippen LogP contribution in [0.2, 0.25) is 0 Å². The smallest absolute Gasteiger partial charge is 0.271 e. The SMILES string of the molecule is Cc1noc(C(C)Sc2nc3ccsc3c(=O)n2C)n1. The van der Waals surface area contributed by atoms with Crippen LogP contribution in [0.3, 0.4) is 0 Å². The van der Waals surface area contributed by atoms with Crippen LogP contribution in [0.25, 0.3) is 10.2 Å². The van der Waals surface area contributed by atoms with E-state index < -0.39 is 0 Å². The summed E-state index contributed by atoms with van der Waals surface area (Å²) in [7, 11) is 1.72. The third kappa shape index (κ3) is 2.25. The molecule has 0 amide bonds. The van der Waals surface area contributed by atoms with Crippen molar-refractivity contribution in [2.75, 3.05) is 0 Å². The molecule has 0 spiro atoms. The predicted molar refractivity (Wildman–Crippen MR) is 78.2 cm³/mol. The van der Waals surface area contributed by atoms with E-state index in [1.807, 2.05) is 18.4 Å². The number of rotatable bonds is 3. The van der Waals surface area contributed by atoms with Crippen molar-refractivity contribution >= 4 is 33.3 Å². The van der Waals surface area contributed by atoms with Gasteiger partial charge in [0.2, 0.25) is 5.89 Å². The first-order valence-electron chi connectivity index (χ1n) is 5.97. The molecule has 104 valence electrons. The second-order valence-corrected chi connectivity index (χ2v) is 6.56. The number of fused-ring (bicyclic) bond motifs is 1. The number of hydrogen-bond donors (Lipinski definition) is 0. The highest BCUT2D eigenvalue weighted by molar-refractivity contribution is 7.99. The van der Waals surface area contributed by atoms with E-state index in [1.165, 1.54) is 23.1 Å². The average Bonchev–Trinajstić information content (AvgIpc) is 3.04. The number of nitrogens with zero attached hydrogens (tertiary/aromatic N) is 4. The minimum Gasteiger partial charge on any atom is -0.338 e. The summed E-state index contributed by atoms with van der Waals surface area (Å²) in [6.07, 6.45) is 0. The molecule has 0 aliphatic carbocycles. The third-order valence-electron chi connectivity index (χ3n) is 2.82. The predicted octanol–water partition coefficient (Wildman–Crippen LogP) is 2.54. The zero-order valence-electron chi connectivity index (χ0n) is 11.2. The molecule has 3 aromatic heterocycles. The topological polar surface area (TPSA) is 73.8 Å². The van der Waals surface area contributed by atoms with Crippen LogP contribution in [0.1, 0.15) is 23.9 Å². The lowest BCUT2D eigenvalue weighted by Crippen LogP contribution is -2.19. The summed E-state index contributed by atoms with van der Waals surface area (Å²) < 4.78 is 7.38. The second kappa shape index (κ2) is 5.02. The molecule has 0 saturated heterocycles. The Hall–Kier alpha value is -1.67. The maximum Gasteiger partial charge on any atom is 0.271 e. The largest absolute Gasteiger partial charge is 0.338 e. The lowest BCUT2D eigenvalue weighted by molar-refractivity contribution is 0.376. The van der Waals surface area contributed by atoms with Crippen LogP contribution in [0.5, 0.6) is 0 Å². The van der Waals surface area contributed by atoms with E-state index in [0.29, 0.717) is 21.6 Å². The van der Waals surface area contributed by atoms with Crippen molar-refractivity contribution in [3.05, 3.63) is 33.5 Å². The first-order chi connectivity index (χ1) is 9.56. The van der Waals surface area contributed by atoms with Crippen molar-refractivity contribution in [2.24, 2.45) is 7.05 Å². The van der Waals surface area contributed by atoms with Gasteiger partial charge in [0.05, 0.1) is 10.8 Å². The lowest BCUT2D eigenvalue weighted by Gasteiger charge is -2.09. The van der Waals surface area contributed by atoms with Gasteiger partial charge < -0.3 is 4.52 Å². The van der Waals surface area contributed by atoms with Crippen molar-refractivity contribution in [1.29, 1.82) is 0 Å². The van der Waals surface area contributed by atoms with Gasteiger partial charge >= 0.3 is 0 Å².